The first-order valence-corrected chi connectivity index (χ1v) is 10.5. The van der Waals surface area contributed by atoms with Crippen molar-refractivity contribution >= 4 is 28.4 Å². The van der Waals surface area contributed by atoms with Gasteiger partial charge in [-0.1, -0.05) is 25.0 Å². The zero-order valence-corrected chi connectivity index (χ0v) is 17.8. The van der Waals surface area contributed by atoms with Crippen LogP contribution in [0.2, 0.25) is 0 Å². The lowest BCUT2D eigenvalue weighted by Crippen LogP contribution is -2.18. The Kier molecular flexibility index (Phi) is 5.57. The molecule has 1 aliphatic rings. The number of benzene rings is 2. The maximum Gasteiger partial charge on any atom is 0.411 e. The normalized spacial score (nSPS) is 14.4. The van der Waals surface area contributed by atoms with Crippen LogP contribution in [0.1, 0.15) is 45.6 Å². The molecule has 3 aromatic rings. The van der Waals surface area contributed by atoms with Gasteiger partial charge >= 0.3 is 6.09 Å². The number of hydrogen-bond donors (Lipinski definition) is 2. The number of aromatic nitrogens is 1. The highest BCUT2D eigenvalue weighted by Gasteiger charge is 2.25. The van der Waals surface area contributed by atoms with Crippen molar-refractivity contribution in [1.82, 2.24) is 4.57 Å². The van der Waals surface area contributed by atoms with Crippen molar-refractivity contribution in [2.75, 3.05) is 18.2 Å². The highest BCUT2D eigenvalue weighted by atomic mass is 16.6. The standard InChI is InChI=1S/C24H29N3O3/c1-15(2)30-24(28)26-17-8-6-7-16(13-17)23-22(25)20-12-11-19(29-3)14-21(20)27(23)18-9-4-5-10-18/h6-8,11-15,18H,4-5,9-10,25H2,1-3H3,(H,26,28). The molecule has 3 N–H and O–H groups in total. The van der Waals surface area contributed by atoms with Crippen LogP contribution in [0.3, 0.4) is 0 Å². The first kappa shape index (κ1) is 20.1. The number of nitrogens with zero attached hydrogens (tertiary/aromatic N) is 1. The van der Waals surface area contributed by atoms with Gasteiger partial charge in [-0.05, 0) is 51.0 Å². The second kappa shape index (κ2) is 8.30. The Morgan fingerprint density at radius 1 is 1.17 bits per heavy atom. The van der Waals surface area contributed by atoms with Crippen LogP contribution in [-0.2, 0) is 4.74 Å². The number of amides is 1. The van der Waals surface area contributed by atoms with E-state index in [0.717, 1.165) is 46.4 Å². The monoisotopic (exact) mass is 407 g/mol. The molecular weight excluding hydrogens is 378 g/mol. The highest BCUT2D eigenvalue weighted by Crippen LogP contribution is 2.44. The molecule has 1 aliphatic carbocycles. The molecule has 1 saturated carbocycles. The Balaban J connectivity index is 1.82. The second-order valence-electron chi connectivity index (χ2n) is 8.11. The third-order valence-corrected chi connectivity index (χ3v) is 5.67. The van der Waals surface area contributed by atoms with E-state index in [1.807, 2.05) is 50.2 Å². The Morgan fingerprint density at radius 2 is 1.93 bits per heavy atom. The van der Waals surface area contributed by atoms with Crippen molar-refractivity contribution in [2.45, 2.75) is 51.7 Å². The molecule has 30 heavy (non-hydrogen) atoms. The Bertz CT molecular complexity index is 1060. The van der Waals surface area contributed by atoms with E-state index in [1.165, 1.54) is 12.8 Å². The van der Waals surface area contributed by atoms with E-state index in [2.05, 4.69) is 16.0 Å². The molecule has 6 heteroatoms. The number of anilines is 2. The van der Waals surface area contributed by atoms with Crippen LogP contribution < -0.4 is 15.8 Å². The molecule has 1 fully saturated rings. The number of nitrogens with two attached hydrogens (primary N) is 1. The van der Waals surface area contributed by atoms with Crippen molar-refractivity contribution < 1.29 is 14.3 Å². The average Bonchev–Trinajstić information content (AvgIpc) is 3.33. The molecule has 158 valence electrons. The first-order chi connectivity index (χ1) is 14.5. The van der Waals surface area contributed by atoms with E-state index in [-0.39, 0.29) is 6.10 Å². The first-order valence-electron chi connectivity index (χ1n) is 10.5. The van der Waals surface area contributed by atoms with Gasteiger partial charge in [-0.3, -0.25) is 5.32 Å². The van der Waals surface area contributed by atoms with Gasteiger partial charge in [0.1, 0.15) is 5.75 Å². The van der Waals surface area contributed by atoms with Crippen molar-refractivity contribution in [3.05, 3.63) is 42.5 Å². The van der Waals surface area contributed by atoms with Crippen LogP contribution in [0.15, 0.2) is 42.5 Å². The summed E-state index contributed by atoms with van der Waals surface area (Å²) in [6, 6.07) is 14.2. The van der Waals surface area contributed by atoms with Gasteiger partial charge in [0.05, 0.1) is 30.1 Å². The Morgan fingerprint density at radius 3 is 2.63 bits per heavy atom. The minimum absolute atomic E-state index is 0.177. The zero-order valence-electron chi connectivity index (χ0n) is 17.8. The summed E-state index contributed by atoms with van der Waals surface area (Å²) in [7, 11) is 1.68. The van der Waals surface area contributed by atoms with Gasteiger partial charge in [0.15, 0.2) is 0 Å². The molecule has 0 aliphatic heterocycles. The molecular formula is C24H29N3O3. The number of nitrogen functional groups attached to an aromatic ring is 1. The number of carbonyl (C=O) groups is 1. The van der Waals surface area contributed by atoms with Crippen molar-refractivity contribution in [3.63, 3.8) is 0 Å². The largest absolute Gasteiger partial charge is 0.497 e. The molecule has 0 bridgehead atoms. The molecule has 0 atom stereocenters. The summed E-state index contributed by atoms with van der Waals surface area (Å²) < 4.78 is 13.0. The van der Waals surface area contributed by atoms with Gasteiger partial charge in [0.25, 0.3) is 0 Å². The summed E-state index contributed by atoms with van der Waals surface area (Å²) in [6.45, 7) is 3.65. The number of nitrogens with one attached hydrogen (secondary N) is 1. The SMILES string of the molecule is COc1ccc2c(N)c(-c3cccc(NC(=O)OC(C)C)c3)n(C3CCCC3)c2c1. The topological polar surface area (TPSA) is 78.5 Å². The molecule has 2 aromatic carbocycles. The maximum absolute atomic E-state index is 12.0. The molecule has 1 amide bonds. The van der Waals surface area contributed by atoms with E-state index in [4.69, 9.17) is 15.2 Å². The predicted molar refractivity (Wildman–Crippen MR) is 121 cm³/mol. The van der Waals surface area contributed by atoms with Crippen LogP contribution in [0, 0.1) is 0 Å². The summed E-state index contributed by atoms with van der Waals surface area (Å²) in [5.74, 6) is 0.817. The van der Waals surface area contributed by atoms with Gasteiger partial charge in [-0.15, -0.1) is 0 Å². The molecule has 0 saturated heterocycles. The van der Waals surface area contributed by atoms with Crippen LogP contribution >= 0.6 is 0 Å². The lowest BCUT2D eigenvalue weighted by molar-refractivity contribution is 0.130. The van der Waals surface area contributed by atoms with Crippen LogP contribution in [0.25, 0.3) is 22.2 Å². The molecule has 4 rings (SSSR count). The molecule has 1 heterocycles. The summed E-state index contributed by atoms with van der Waals surface area (Å²) in [4.78, 5) is 12.0. The van der Waals surface area contributed by atoms with Gasteiger partial charge in [-0.25, -0.2) is 4.79 Å². The highest BCUT2D eigenvalue weighted by molar-refractivity contribution is 6.02. The van der Waals surface area contributed by atoms with E-state index >= 15 is 0 Å². The summed E-state index contributed by atoms with van der Waals surface area (Å²) in [5, 5.41) is 3.84. The fraction of sp³-hybridized carbons (Fsp3) is 0.375. The minimum atomic E-state index is -0.462. The fourth-order valence-corrected chi connectivity index (χ4v) is 4.39. The number of hydrogen-bond acceptors (Lipinski definition) is 4. The average molecular weight is 408 g/mol. The molecule has 1 aromatic heterocycles. The number of ether oxygens (including phenoxy) is 2. The number of fused-ring (bicyclic) bond motifs is 1. The van der Waals surface area contributed by atoms with E-state index < -0.39 is 6.09 Å². The lowest BCUT2D eigenvalue weighted by Gasteiger charge is -2.19. The van der Waals surface area contributed by atoms with Gasteiger partial charge in [0.2, 0.25) is 0 Å². The molecule has 0 spiro atoms. The molecule has 0 unspecified atom stereocenters. The number of rotatable bonds is 5. The summed E-state index contributed by atoms with van der Waals surface area (Å²) in [5.41, 5.74) is 11.2. The van der Waals surface area contributed by atoms with E-state index in [1.54, 1.807) is 7.11 Å². The molecule has 6 nitrogen and oxygen atoms in total. The minimum Gasteiger partial charge on any atom is -0.497 e. The van der Waals surface area contributed by atoms with Crippen molar-refractivity contribution in [2.24, 2.45) is 0 Å². The lowest BCUT2D eigenvalue weighted by atomic mass is 10.1. The fourth-order valence-electron chi connectivity index (χ4n) is 4.39. The zero-order chi connectivity index (χ0) is 21.3. The third kappa shape index (κ3) is 3.82. The molecule has 0 radical (unpaired) electrons. The van der Waals surface area contributed by atoms with E-state index in [9.17, 15) is 4.79 Å². The third-order valence-electron chi connectivity index (χ3n) is 5.67. The summed E-state index contributed by atoms with van der Waals surface area (Å²) in [6.07, 6.45) is 4.06. The van der Waals surface area contributed by atoms with Crippen LogP contribution in [0.5, 0.6) is 5.75 Å². The quantitative estimate of drug-likeness (QED) is 0.546. The Labute approximate surface area is 177 Å². The van der Waals surface area contributed by atoms with Gasteiger partial charge in [0, 0.05) is 28.7 Å². The summed E-state index contributed by atoms with van der Waals surface area (Å²) >= 11 is 0. The van der Waals surface area contributed by atoms with Crippen LogP contribution in [-0.4, -0.2) is 23.9 Å². The second-order valence-corrected chi connectivity index (χ2v) is 8.11. The number of carbonyl (C=O) groups excluding carboxylic acids is 1. The van der Waals surface area contributed by atoms with Crippen LogP contribution in [0.4, 0.5) is 16.2 Å². The predicted octanol–water partition coefficient (Wildman–Crippen LogP) is 5.97. The number of methoxy groups -OCH3 is 1. The van der Waals surface area contributed by atoms with Crippen molar-refractivity contribution in [3.8, 4) is 17.0 Å². The maximum atomic E-state index is 12.0. The van der Waals surface area contributed by atoms with E-state index in [0.29, 0.717) is 11.7 Å². The smallest absolute Gasteiger partial charge is 0.411 e. The van der Waals surface area contributed by atoms with Crippen molar-refractivity contribution in [1.29, 1.82) is 0 Å². The van der Waals surface area contributed by atoms with Gasteiger partial charge < -0.3 is 19.8 Å². The van der Waals surface area contributed by atoms with Gasteiger partial charge in [-0.2, -0.15) is 0 Å². The Hall–Kier alpha value is -3.15.